The molecule has 2 aromatic rings. The van der Waals surface area contributed by atoms with E-state index in [1.165, 1.54) is 21.8 Å². The molecular weight excluding hydrogens is 595 g/mol. The number of nitrogens with one attached hydrogen (secondary N) is 2. The molecule has 43 heavy (non-hydrogen) atoms. The second-order valence-electron chi connectivity index (χ2n) is 10.6. The molecular formula is C29H33F5N4O4S. The molecule has 1 fully saturated rings. The highest BCUT2D eigenvalue weighted by atomic mass is 32.2. The quantitative estimate of drug-likeness (QED) is 0.271. The van der Waals surface area contributed by atoms with Gasteiger partial charge in [0.1, 0.15) is 17.1 Å². The van der Waals surface area contributed by atoms with Gasteiger partial charge in [0.25, 0.3) is 5.91 Å². The molecule has 0 radical (unpaired) electrons. The van der Waals surface area contributed by atoms with Gasteiger partial charge in [0.05, 0.1) is 6.61 Å². The smallest absolute Gasteiger partial charge is 0.453 e. The number of amidine groups is 1. The molecule has 0 bridgehead atoms. The van der Waals surface area contributed by atoms with E-state index in [-0.39, 0.29) is 50.0 Å². The Labute approximate surface area is 247 Å². The molecule has 2 N–H and O–H groups in total. The van der Waals surface area contributed by atoms with Crippen LogP contribution >= 0.6 is 0 Å². The monoisotopic (exact) mass is 628 g/mol. The summed E-state index contributed by atoms with van der Waals surface area (Å²) in [5.41, 5.74) is 2.90. The number of carbonyl (C=O) groups is 1. The number of hydrogen-bond donors (Lipinski definition) is 2. The normalized spacial score (nSPS) is 17.8. The third-order valence-corrected chi connectivity index (χ3v) is 9.17. The number of anilines is 1. The van der Waals surface area contributed by atoms with Gasteiger partial charge in [-0.1, -0.05) is 12.1 Å². The number of aryl methyl sites for hydroxylation is 2. The van der Waals surface area contributed by atoms with Gasteiger partial charge in [-0.15, -0.1) is 0 Å². The van der Waals surface area contributed by atoms with Crippen molar-refractivity contribution in [1.82, 2.24) is 9.62 Å². The maximum absolute atomic E-state index is 13.1. The first-order valence-corrected chi connectivity index (χ1v) is 15.1. The molecule has 234 valence electrons. The standard InChI is InChI=1S/C29H33F5N4O4S/c1-19-16-22(35-3)17-20(2)24(19)8-15-43(40,41)38-12-10-27(11-13-38)26(39)36-25(37-27)21-6-4-7-23(18-21)42-14-5-9-28(30,31)29(32,33)34/h4,6-8,15-18,35H,5,9-14H2,1-3H3,(H,36,37,39). The van der Waals surface area contributed by atoms with Crippen LogP contribution in [0.1, 0.15) is 47.9 Å². The van der Waals surface area contributed by atoms with Crippen LogP contribution in [-0.4, -0.2) is 68.8 Å². The lowest BCUT2D eigenvalue weighted by Gasteiger charge is -2.34. The highest BCUT2D eigenvalue weighted by Crippen LogP contribution is 2.39. The minimum absolute atomic E-state index is 0.0826. The Hall–Kier alpha value is -3.52. The molecule has 1 spiro atoms. The van der Waals surface area contributed by atoms with Crippen molar-refractivity contribution in [3.63, 3.8) is 0 Å². The molecule has 0 aromatic heterocycles. The molecule has 2 aromatic carbocycles. The molecule has 2 aliphatic rings. The van der Waals surface area contributed by atoms with Crippen LogP contribution < -0.4 is 15.4 Å². The summed E-state index contributed by atoms with van der Waals surface area (Å²) in [6.07, 6.45) is -5.63. The van der Waals surface area contributed by atoms with Crippen LogP contribution in [0.2, 0.25) is 0 Å². The van der Waals surface area contributed by atoms with E-state index in [0.717, 1.165) is 22.4 Å². The zero-order valence-electron chi connectivity index (χ0n) is 23.9. The number of amides is 1. The number of hydrogen-bond acceptors (Lipinski definition) is 6. The number of alkyl halides is 5. The first kappa shape index (κ1) is 32.4. The van der Waals surface area contributed by atoms with Crippen molar-refractivity contribution >= 4 is 33.5 Å². The lowest BCUT2D eigenvalue weighted by molar-refractivity contribution is -0.284. The summed E-state index contributed by atoms with van der Waals surface area (Å²) < 4.78 is 96.1. The Morgan fingerprint density at radius 3 is 2.35 bits per heavy atom. The van der Waals surface area contributed by atoms with Gasteiger partial charge >= 0.3 is 12.1 Å². The van der Waals surface area contributed by atoms with Crippen molar-refractivity contribution in [2.24, 2.45) is 4.99 Å². The number of aliphatic imine (C=N–C) groups is 1. The SMILES string of the molecule is CNc1cc(C)c(C=CS(=O)(=O)N2CCC3(CC2)N=C(c2cccc(OCCCC(F)(F)C(F)(F)F)c2)NC3=O)c(C)c1. The van der Waals surface area contributed by atoms with Crippen LogP contribution in [0.3, 0.4) is 0 Å². The lowest BCUT2D eigenvalue weighted by Crippen LogP contribution is -2.50. The Morgan fingerprint density at radius 2 is 1.74 bits per heavy atom. The van der Waals surface area contributed by atoms with Crippen molar-refractivity contribution in [3.05, 3.63) is 64.1 Å². The molecule has 1 amide bonds. The molecule has 2 heterocycles. The third-order valence-electron chi connectivity index (χ3n) is 7.60. The summed E-state index contributed by atoms with van der Waals surface area (Å²) in [4.78, 5) is 17.6. The number of halogens is 5. The largest absolute Gasteiger partial charge is 0.494 e. The van der Waals surface area contributed by atoms with Crippen LogP contribution in [0.4, 0.5) is 27.6 Å². The van der Waals surface area contributed by atoms with E-state index < -0.39 is 40.5 Å². The Bertz CT molecular complexity index is 1510. The fraction of sp³-hybridized carbons (Fsp3) is 0.448. The highest BCUT2D eigenvalue weighted by molar-refractivity contribution is 7.92. The van der Waals surface area contributed by atoms with E-state index in [9.17, 15) is 35.2 Å². The summed E-state index contributed by atoms with van der Waals surface area (Å²) in [7, 11) is -1.95. The van der Waals surface area contributed by atoms with Gasteiger partial charge in [0.2, 0.25) is 10.0 Å². The first-order valence-electron chi connectivity index (χ1n) is 13.6. The number of carbonyl (C=O) groups excluding carboxylic acids is 1. The van der Waals surface area contributed by atoms with Crippen LogP contribution in [0.5, 0.6) is 5.75 Å². The van der Waals surface area contributed by atoms with Crippen molar-refractivity contribution < 1.29 is 39.9 Å². The van der Waals surface area contributed by atoms with Crippen molar-refractivity contribution in [2.45, 2.75) is 57.2 Å². The molecule has 14 heteroatoms. The molecule has 0 atom stereocenters. The van der Waals surface area contributed by atoms with E-state index in [2.05, 4.69) is 15.6 Å². The lowest BCUT2D eigenvalue weighted by atomic mass is 9.89. The third kappa shape index (κ3) is 7.18. The second kappa shape index (κ2) is 12.2. The van der Waals surface area contributed by atoms with Gasteiger partial charge in [-0.25, -0.2) is 8.42 Å². The van der Waals surface area contributed by atoms with Gasteiger partial charge < -0.3 is 15.4 Å². The molecule has 2 aliphatic heterocycles. The average Bonchev–Trinajstić information content (AvgIpc) is 3.25. The molecule has 1 saturated heterocycles. The van der Waals surface area contributed by atoms with E-state index >= 15 is 0 Å². The molecule has 0 saturated carbocycles. The van der Waals surface area contributed by atoms with E-state index in [0.29, 0.717) is 5.56 Å². The number of nitrogens with zero attached hydrogens (tertiary/aromatic N) is 2. The van der Waals surface area contributed by atoms with Crippen LogP contribution in [0.25, 0.3) is 6.08 Å². The second-order valence-corrected chi connectivity index (χ2v) is 12.5. The van der Waals surface area contributed by atoms with Gasteiger partial charge in [0.15, 0.2) is 0 Å². The molecule has 0 unspecified atom stereocenters. The van der Waals surface area contributed by atoms with Crippen molar-refractivity contribution in [3.8, 4) is 5.75 Å². The minimum Gasteiger partial charge on any atom is -0.494 e. The minimum atomic E-state index is -5.61. The number of ether oxygens (including phenoxy) is 1. The zero-order valence-corrected chi connectivity index (χ0v) is 24.7. The van der Waals surface area contributed by atoms with Crippen molar-refractivity contribution in [2.75, 3.05) is 32.1 Å². The first-order chi connectivity index (χ1) is 20.1. The summed E-state index contributed by atoms with van der Waals surface area (Å²) >= 11 is 0. The van der Waals surface area contributed by atoms with Crippen LogP contribution in [-0.2, 0) is 14.8 Å². The Balaban J connectivity index is 1.39. The zero-order chi connectivity index (χ0) is 31.6. The summed E-state index contributed by atoms with van der Waals surface area (Å²) in [6, 6.07) is 10.1. The van der Waals surface area contributed by atoms with E-state index in [1.54, 1.807) is 18.2 Å². The van der Waals surface area contributed by atoms with E-state index in [1.807, 2.05) is 33.0 Å². The van der Waals surface area contributed by atoms with Crippen LogP contribution in [0.15, 0.2) is 46.8 Å². The molecule has 8 nitrogen and oxygen atoms in total. The van der Waals surface area contributed by atoms with Gasteiger partial charge in [-0.05, 0) is 80.1 Å². The number of sulfonamides is 1. The predicted molar refractivity (Wildman–Crippen MR) is 154 cm³/mol. The van der Waals surface area contributed by atoms with Gasteiger partial charge in [0, 0.05) is 43.2 Å². The van der Waals surface area contributed by atoms with Gasteiger partial charge in [-0.2, -0.15) is 26.3 Å². The molecule has 0 aliphatic carbocycles. The number of benzene rings is 2. The predicted octanol–water partition coefficient (Wildman–Crippen LogP) is 5.41. The fourth-order valence-corrected chi connectivity index (χ4v) is 6.26. The Kier molecular flexibility index (Phi) is 9.21. The average molecular weight is 629 g/mol. The maximum atomic E-state index is 13.1. The Morgan fingerprint density at radius 1 is 1.09 bits per heavy atom. The summed E-state index contributed by atoms with van der Waals surface area (Å²) in [6.45, 7) is 3.61. The maximum Gasteiger partial charge on any atom is 0.453 e. The summed E-state index contributed by atoms with van der Waals surface area (Å²) in [5.74, 6) is -4.71. The molecule has 4 rings (SSSR count). The highest BCUT2D eigenvalue weighted by Gasteiger charge is 2.56. The number of piperidine rings is 1. The van der Waals surface area contributed by atoms with Gasteiger partial charge in [-0.3, -0.25) is 9.79 Å². The van der Waals surface area contributed by atoms with Crippen LogP contribution in [0, 0.1) is 13.8 Å². The number of rotatable bonds is 10. The van der Waals surface area contributed by atoms with Crippen molar-refractivity contribution in [1.29, 1.82) is 0 Å². The fourth-order valence-electron chi connectivity index (χ4n) is 5.08. The topological polar surface area (TPSA) is 100 Å². The van der Waals surface area contributed by atoms with E-state index in [4.69, 9.17) is 4.74 Å². The summed E-state index contributed by atoms with van der Waals surface area (Å²) in [5, 5.41) is 6.98.